The van der Waals surface area contributed by atoms with Crippen molar-refractivity contribution < 1.29 is 9.53 Å². The highest BCUT2D eigenvalue weighted by Gasteiger charge is 2.17. The first-order valence-corrected chi connectivity index (χ1v) is 8.29. The lowest BCUT2D eigenvalue weighted by molar-refractivity contribution is -0.140. The Bertz CT molecular complexity index is 987. The number of hydrogen-bond donors (Lipinski definition) is 0. The zero-order valence-electron chi connectivity index (χ0n) is 14.4. The van der Waals surface area contributed by atoms with Crippen LogP contribution in [0, 0.1) is 34.0 Å². The Morgan fingerprint density at radius 2 is 2.04 bits per heavy atom. The summed E-state index contributed by atoms with van der Waals surface area (Å²) in [6.45, 7) is 1.77. The van der Waals surface area contributed by atoms with Gasteiger partial charge < -0.3 is 4.74 Å². The van der Waals surface area contributed by atoms with Crippen LogP contribution in [0.5, 0.6) is 0 Å². The smallest absolute Gasteiger partial charge is 0.350 e. The maximum Gasteiger partial charge on any atom is 0.350 e. The number of carbonyl (C=O) groups excluding carboxylic acids is 1. The number of aromatic nitrogens is 2. The van der Waals surface area contributed by atoms with Gasteiger partial charge >= 0.3 is 5.97 Å². The number of esters is 1. The summed E-state index contributed by atoms with van der Waals surface area (Å²) < 4.78 is 6.45. The first kappa shape index (κ1) is 19.7. The molecule has 1 aromatic carbocycles. The molecule has 0 aliphatic carbocycles. The van der Waals surface area contributed by atoms with Crippen molar-refractivity contribution in [3.8, 4) is 29.5 Å². The van der Waals surface area contributed by atoms with Crippen molar-refractivity contribution in [3.05, 3.63) is 46.6 Å². The van der Waals surface area contributed by atoms with Crippen LogP contribution in [-0.2, 0) is 16.1 Å². The maximum atomic E-state index is 12.1. The summed E-state index contributed by atoms with van der Waals surface area (Å²) in [5.74, 6) is -0.890. The molecule has 0 aliphatic rings. The molecule has 1 heterocycles. The van der Waals surface area contributed by atoms with E-state index in [1.54, 1.807) is 47.3 Å². The summed E-state index contributed by atoms with van der Waals surface area (Å²) in [4.78, 5) is 12.1. The molecule has 1 atom stereocenters. The van der Waals surface area contributed by atoms with Crippen LogP contribution in [-0.4, -0.2) is 21.9 Å². The van der Waals surface area contributed by atoms with E-state index >= 15 is 0 Å². The van der Waals surface area contributed by atoms with Crippen LogP contribution in [0.4, 0.5) is 0 Å². The zero-order chi connectivity index (χ0) is 19.8. The van der Waals surface area contributed by atoms with Gasteiger partial charge in [-0.15, -0.1) is 0 Å². The number of aryl methyl sites for hydroxylation is 1. The fraction of sp³-hybridized carbons (Fsp3) is 0.211. The van der Waals surface area contributed by atoms with E-state index < -0.39 is 12.1 Å². The molecule has 0 unspecified atom stereocenters. The van der Waals surface area contributed by atoms with Crippen LogP contribution < -0.4 is 0 Å². The topological polar surface area (TPSA) is 115 Å². The predicted octanol–water partition coefficient (Wildman–Crippen LogP) is 3.48. The van der Waals surface area contributed by atoms with E-state index in [1.807, 2.05) is 6.07 Å². The summed E-state index contributed by atoms with van der Waals surface area (Å²) in [5.41, 5.74) is 1.51. The fourth-order valence-electron chi connectivity index (χ4n) is 2.20. The van der Waals surface area contributed by atoms with Gasteiger partial charge in [0.05, 0.1) is 24.7 Å². The third-order valence-electron chi connectivity index (χ3n) is 3.47. The highest BCUT2D eigenvalue weighted by Crippen LogP contribution is 2.26. The minimum atomic E-state index is -0.969. The molecule has 0 aliphatic heterocycles. The summed E-state index contributed by atoms with van der Waals surface area (Å²) in [5, 5.41) is 31.8. The van der Waals surface area contributed by atoms with Crippen molar-refractivity contribution in [2.45, 2.75) is 26.0 Å². The number of halogens is 1. The van der Waals surface area contributed by atoms with Gasteiger partial charge in [0.2, 0.25) is 0 Å². The van der Waals surface area contributed by atoms with Gasteiger partial charge in [-0.1, -0.05) is 23.7 Å². The molecule has 8 heteroatoms. The molecule has 0 amide bonds. The third kappa shape index (κ3) is 5.19. The highest BCUT2D eigenvalue weighted by atomic mass is 35.5. The molecule has 27 heavy (non-hydrogen) atoms. The molecule has 0 radical (unpaired) electrons. The van der Waals surface area contributed by atoms with E-state index in [4.69, 9.17) is 26.9 Å². The van der Waals surface area contributed by atoms with Gasteiger partial charge in [0.25, 0.3) is 0 Å². The number of nitriles is 3. The predicted molar refractivity (Wildman–Crippen MR) is 97.7 cm³/mol. The van der Waals surface area contributed by atoms with Crippen LogP contribution in [0.2, 0.25) is 5.02 Å². The molecular formula is C19H14ClN5O2. The third-order valence-corrected chi connectivity index (χ3v) is 3.72. The Morgan fingerprint density at radius 3 is 2.63 bits per heavy atom. The standard InChI is InChI=1S/C19H14ClN5O2/c1-13(10-22)27-19(26)15(11-23)9-16-12-25(8-2-7-21)24-18(16)14-3-5-17(20)6-4-14/h3-6,9,12-13H,2,8H2,1H3/b15-9+/t13-/m0/s1. The van der Waals surface area contributed by atoms with Crippen molar-refractivity contribution >= 4 is 23.6 Å². The molecule has 0 saturated heterocycles. The van der Waals surface area contributed by atoms with Crippen LogP contribution in [0.15, 0.2) is 36.0 Å². The second-order valence-electron chi connectivity index (χ2n) is 5.46. The van der Waals surface area contributed by atoms with Crippen molar-refractivity contribution in [2.24, 2.45) is 0 Å². The average Bonchev–Trinajstić information content (AvgIpc) is 3.07. The van der Waals surface area contributed by atoms with Crippen molar-refractivity contribution in [3.63, 3.8) is 0 Å². The Morgan fingerprint density at radius 1 is 1.33 bits per heavy atom. The van der Waals surface area contributed by atoms with Gasteiger partial charge in [0.15, 0.2) is 6.10 Å². The van der Waals surface area contributed by atoms with Crippen molar-refractivity contribution in [1.29, 1.82) is 15.8 Å². The largest absolute Gasteiger partial charge is 0.443 e. The first-order chi connectivity index (χ1) is 13.0. The van der Waals surface area contributed by atoms with Gasteiger partial charge in [0, 0.05) is 22.3 Å². The zero-order valence-corrected chi connectivity index (χ0v) is 15.1. The SMILES string of the molecule is C[C@@H](C#N)OC(=O)/C(C#N)=C/c1cn(CCC#N)nc1-c1ccc(Cl)cc1. The van der Waals surface area contributed by atoms with Gasteiger partial charge in [-0.3, -0.25) is 4.68 Å². The highest BCUT2D eigenvalue weighted by molar-refractivity contribution is 6.30. The minimum absolute atomic E-state index is 0.257. The van der Waals surface area contributed by atoms with Crippen LogP contribution in [0.3, 0.4) is 0 Å². The quantitative estimate of drug-likeness (QED) is 0.431. The molecule has 0 saturated carbocycles. The Kier molecular flexibility index (Phi) is 6.72. The maximum absolute atomic E-state index is 12.1. The summed E-state index contributed by atoms with van der Waals surface area (Å²) in [7, 11) is 0. The van der Waals surface area contributed by atoms with Gasteiger partial charge in [0.1, 0.15) is 17.7 Å². The van der Waals surface area contributed by atoms with E-state index in [0.717, 1.165) is 5.56 Å². The number of hydrogen-bond acceptors (Lipinski definition) is 6. The lowest BCUT2D eigenvalue weighted by atomic mass is 10.1. The van der Waals surface area contributed by atoms with Crippen molar-refractivity contribution in [2.75, 3.05) is 0 Å². The molecule has 2 rings (SSSR count). The Hall–Kier alpha value is -3.60. The molecule has 134 valence electrons. The lowest BCUT2D eigenvalue weighted by Crippen LogP contribution is -2.14. The molecule has 0 fully saturated rings. The number of carbonyl (C=O) groups is 1. The van der Waals surface area contributed by atoms with Crippen LogP contribution >= 0.6 is 11.6 Å². The van der Waals surface area contributed by atoms with E-state index in [0.29, 0.717) is 22.8 Å². The van der Waals surface area contributed by atoms with E-state index in [2.05, 4.69) is 5.10 Å². The lowest BCUT2D eigenvalue weighted by Gasteiger charge is -2.04. The van der Waals surface area contributed by atoms with Crippen molar-refractivity contribution in [1.82, 2.24) is 9.78 Å². The number of benzene rings is 1. The van der Waals surface area contributed by atoms with Gasteiger partial charge in [-0.2, -0.15) is 20.9 Å². The summed E-state index contributed by atoms with van der Waals surface area (Å²) in [6, 6.07) is 12.5. The average molecular weight is 380 g/mol. The van der Waals surface area contributed by atoms with E-state index in [9.17, 15) is 10.1 Å². The molecule has 2 aromatic rings. The molecular weight excluding hydrogens is 366 g/mol. The second-order valence-corrected chi connectivity index (χ2v) is 5.89. The van der Waals surface area contributed by atoms with Crippen LogP contribution in [0.25, 0.3) is 17.3 Å². The van der Waals surface area contributed by atoms with Crippen LogP contribution in [0.1, 0.15) is 18.9 Å². The summed E-state index contributed by atoms with van der Waals surface area (Å²) in [6.07, 6.45) is 2.28. The number of ether oxygens (including phenoxy) is 1. The van der Waals surface area contributed by atoms with Gasteiger partial charge in [-0.05, 0) is 25.1 Å². The normalized spacial score (nSPS) is 11.7. The Balaban J connectivity index is 2.47. The second kappa shape index (κ2) is 9.20. The Labute approximate surface area is 161 Å². The van der Waals surface area contributed by atoms with E-state index in [-0.39, 0.29) is 12.0 Å². The summed E-state index contributed by atoms with van der Waals surface area (Å²) >= 11 is 5.92. The minimum Gasteiger partial charge on any atom is -0.443 e. The van der Waals surface area contributed by atoms with Gasteiger partial charge in [-0.25, -0.2) is 4.79 Å². The van der Waals surface area contributed by atoms with E-state index in [1.165, 1.54) is 13.0 Å². The fourth-order valence-corrected chi connectivity index (χ4v) is 2.32. The number of nitrogens with zero attached hydrogens (tertiary/aromatic N) is 5. The molecule has 0 N–H and O–H groups in total. The number of rotatable bonds is 6. The monoisotopic (exact) mass is 379 g/mol. The molecule has 7 nitrogen and oxygen atoms in total. The molecule has 1 aromatic heterocycles. The molecule has 0 bridgehead atoms. The molecule has 0 spiro atoms. The first-order valence-electron chi connectivity index (χ1n) is 7.91.